The number of hydrogen-bond donors (Lipinski definition) is 0. The highest BCUT2D eigenvalue weighted by Gasteiger charge is 2.25. The lowest BCUT2D eigenvalue weighted by Crippen LogP contribution is -2.48. The van der Waals surface area contributed by atoms with Crippen molar-refractivity contribution in [1.29, 1.82) is 0 Å². The van der Waals surface area contributed by atoms with Crippen molar-refractivity contribution in [2.24, 2.45) is 0 Å². The molecule has 1 aliphatic rings. The van der Waals surface area contributed by atoms with E-state index in [2.05, 4.69) is 15.0 Å². The van der Waals surface area contributed by atoms with Crippen LogP contribution in [0, 0.1) is 11.6 Å². The molecule has 8 heteroatoms. The minimum atomic E-state index is -0.822. The van der Waals surface area contributed by atoms with Gasteiger partial charge in [-0.1, -0.05) is 0 Å². The molecule has 1 saturated heterocycles. The summed E-state index contributed by atoms with van der Waals surface area (Å²) < 4.78 is 28.7. The van der Waals surface area contributed by atoms with Crippen LogP contribution < -0.4 is 0 Å². The number of rotatable bonds is 4. The van der Waals surface area contributed by atoms with E-state index in [1.807, 2.05) is 18.5 Å². The van der Waals surface area contributed by atoms with Crippen molar-refractivity contribution in [2.75, 3.05) is 26.2 Å². The minimum absolute atomic E-state index is 0.0885. The number of nitrogens with zero attached hydrogens (tertiary/aromatic N) is 5. The first-order chi connectivity index (χ1) is 12.0. The average molecular weight is 349 g/mol. The van der Waals surface area contributed by atoms with Crippen LogP contribution in [0.25, 0.3) is 0 Å². The van der Waals surface area contributed by atoms with Crippen molar-refractivity contribution in [1.82, 2.24) is 24.6 Å². The highest BCUT2D eigenvalue weighted by atomic mass is 19.1. The monoisotopic (exact) mass is 349 g/mol. The molecule has 0 saturated carbocycles. The molecule has 0 spiro atoms. The molecule has 0 N–H and O–H groups in total. The molecular weight excluding hydrogens is 328 g/mol. The Kier molecular flexibility index (Phi) is 5.08. The molecule has 1 aromatic carbocycles. The molecule has 1 aliphatic heterocycles. The summed E-state index contributed by atoms with van der Waals surface area (Å²) in [7, 11) is 0. The molecule has 2 aromatic rings. The number of amides is 1. The molecule has 1 fully saturated rings. The largest absolute Gasteiger partial charge is 0.336 e. The summed E-state index contributed by atoms with van der Waals surface area (Å²) in [5.74, 6) is -1.02. The Morgan fingerprint density at radius 1 is 1.20 bits per heavy atom. The molecule has 0 bridgehead atoms. The Balaban J connectivity index is 1.60. The van der Waals surface area contributed by atoms with Crippen LogP contribution in [0.5, 0.6) is 0 Å². The fourth-order valence-electron chi connectivity index (χ4n) is 2.96. The van der Waals surface area contributed by atoms with Crippen LogP contribution in [0.2, 0.25) is 0 Å². The van der Waals surface area contributed by atoms with Gasteiger partial charge in [-0.25, -0.2) is 18.4 Å². The molecule has 0 atom stereocenters. The van der Waals surface area contributed by atoms with Crippen LogP contribution in [0.15, 0.2) is 24.5 Å². The fraction of sp³-hybridized carbons (Fsp3) is 0.471. The highest BCUT2D eigenvalue weighted by molar-refractivity contribution is 5.94. The predicted molar refractivity (Wildman–Crippen MR) is 87.9 cm³/mol. The lowest BCUT2D eigenvalue weighted by Gasteiger charge is -2.34. The molecule has 134 valence electrons. The van der Waals surface area contributed by atoms with Gasteiger partial charge >= 0.3 is 0 Å². The molecule has 2 heterocycles. The smallest absolute Gasteiger partial charge is 0.256 e. The van der Waals surface area contributed by atoms with Gasteiger partial charge in [-0.2, -0.15) is 5.10 Å². The molecule has 6 nitrogen and oxygen atoms in total. The van der Waals surface area contributed by atoms with Crippen LogP contribution in [-0.4, -0.2) is 56.7 Å². The van der Waals surface area contributed by atoms with Crippen molar-refractivity contribution >= 4 is 5.91 Å². The number of hydrogen-bond acceptors (Lipinski definition) is 4. The van der Waals surface area contributed by atoms with E-state index in [1.54, 1.807) is 11.2 Å². The number of carbonyl (C=O) groups is 1. The van der Waals surface area contributed by atoms with Crippen LogP contribution in [0.1, 0.15) is 36.1 Å². The van der Waals surface area contributed by atoms with Gasteiger partial charge in [0.05, 0.1) is 12.1 Å². The van der Waals surface area contributed by atoms with Gasteiger partial charge in [-0.15, -0.1) is 0 Å². The number of benzene rings is 1. The Hall–Kier alpha value is -2.35. The van der Waals surface area contributed by atoms with Gasteiger partial charge in [0.2, 0.25) is 0 Å². The minimum Gasteiger partial charge on any atom is -0.336 e. The average Bonchev–Trinajstić information content (AvgIpc) is 3.03. The Morgan fingerprint density at radius 2 is 1.92 bits per heavy atom. The fourth-order valence-corrected chi connectivity index (χ4v) is 2.96. The van der Waals surface area contributed by atoms with Gasteiger partial charge in [-0.3, -0.25) is 9.69 Å². The lowest BCUT2D eigenvalue weighted by atomic mass is 10.1. The maximum absolute atomic E-state index is 13.8. The van der Waals surface area contributed by atoms with E-state index in [9.17, 15) is 13.6 Å². The molecule has 0 unspecified atom stereocenters. The van der Waals surface area contributed by atoms with Gasteiger partial charge in [0.1, 0.15) is 23.8 Å². The third-order valence-electron chi connectivity index (χ3n) is 4.32. The highest BCUT2D eigenvalue weighted by Crippen LogP contribution is 2.15. The summed E-state index contributed by atoms with van der Waals surface area (Å²) in [4.78, 5) is 20.5. The first kappa shape index (κ1) is 17.5. The molecule has 0 aliphatic carbocycles. The van der Waals surface area contributed by atoms with Crippen molar-refractivity contribution in [2.45, 2.75) is 26.4 Å². The summed E-state index contributed by atoms with van der Waals surface area (Å²) in [6.07, 6.45) is 1.55. The van der Waals surface area contributed by atoms with E-state index in [1.165, 1.54) is 6.07 Å². The molecule has 1 amide bonds. The second kappa shape index (κ2) is 7.26. The molecule has 1 aromatic heterocycles. The van der Waals surface area contributed by atoms with E-state index in [4.69, 9.17) is 0 Å². The van der Waals surface area contributed by atoms with Crippen LogP contribution in [0.3, 0.4) is 0 Å². The van der Waals surface area contributed by atoms with Crippen molar-refractivity contribution < 1.29 is 13.6 Å². The second-order valence-corrected chi connectivity index (χ2v) is 6.41. The van der Waals surface area contributed by atoms with Crippen molar-refractivity contribution in [3.05, 3.63) is 47.5 Å². The topological polar surface area (TPSA) is 54.3 Å². The maximum Gasteiger partial charge on any atom is 0.256 e. The summed E-state index contributed by atoms with van der Waals surface area (Å²) in [6.45, 7) is 7.07. The van der Waals surface area contributed by atoms with E-state index >= 15 is 0 Å². The van der Waals surface area contributed by atoms with E-state index in [-0.39, 0.29) is 11.6 Å². The standard InChI is InChI=1S/C17H21F2N5O/c1-12(2)24-16(20-11-21-24)10-22-5-7-23(8-6-22)17(25)14-4-3-13(18)9-15(14)19/h3-4,9,11-12H,5-8,10H2,1-2H3. The van der Waals surface area contributed by atoms with Gasteiger partial charge in [0.15, 0.2) is 0 Å². The van der Waals surface area contributed by atoms with E-state index < -0.39 is 17.5 Å². The normalized spacial score (nSPS) is 15.8. The zero-order valence-electron chi connectivity index (χ0n) is 14.3. The van der Waals surface area contributed by atoms with Gasteiger partial charge in [0, 0.05) is 38.3 Å². The molecule has 3 rings (SSSR count). The number of halogens is 2. The number of carbonyl (C=O) groups excluding carboxylic acids is 1. The first-order valence-corrected chi connectivity index (χ1v) is 8.30. The Morgan fingerprint density at radius 3 is 2.56 bits per heavy atom. The van der Waals surface area contributed by atoms with Gasteiger partial charge in [-0.05, 0) is 26.0 Å². The summed E-state index contributed by atoms with van der Waals surface area (Å²) in [5.41, 5.74) is -0.0885. The predicted octanol–water partition coefficient (Wildman–Crippen LogP) is 2.10. The number of piperazine rings is 1. The summed E-state index contributed by atoms with van der Waals surface area (Å²) in [5, 5.41) is 4.22. The first-order valence-electron chi connectivity index (χ1n) is 8.30. The van der Waals surface area contributed by atoms with Crippen LogP contribution >= 0.6 is 0 Å². The zero-order chi connectivity index (χ0) is 18.0. The SMILES string of the molecule is CC(C)n1ncnc1CN1CCN(C(=O)c2ccc(F)cc2F)CC1. The quantitative estimate of drug-likeness (QED) is 0.848. The van der Waals surface area contributed by atoms with E-state index in [0.717, 1.165) is 18.0 Å². The molecular formula is C17H21F2N5O. The van der Waals surface area contributed by atoms with Gasteiger partial charge in [0.25, 0.3) is 5.91 Å². The summed E-state index contributed by atoms with van der Waals surface area (Å²) >= 11 is 0. The molecule has 25 heavy (non-hydrogen) atoms. The maximum atomic E-state index is 13.8. The van der Waals surface area contributed by atoms with Crippen molar-refractivity contribution in [3.8, 4) is 0 Å². The Bertz CT molecular complexity index is 753. The number of aromatic nitrogens is 3. The van der Waals surface area contributed by atoms with Crippen molar-refractivity contribution in [3.63, 3.8) is 0 Å². The third kappa shape index (κ3) is 3.84. The Labute approximate surface area is 145 Å². The lowest BCUT2D eigenvalue weighted by molar-refractivity contribution is 0.0618. The van der Waals surface area contributed by atoms with Crippen LogP contribution in [0.4, 0.5) is 8.78 Å². The molecule has 0 radical (unpaired) electrons. The third-order valence-corrected chi connectivity index (χ3v) is 4.32. The summed E-state index contributed by atoms with van der Waals surface area (Å²) in [6, 6.07) is 3.28. The second-order valence-electron chi connectivity index (χ2n) is 6.41. The van der Waals surface area contributed by atoms with E-state index in [0.29, 0.717) is 32.7 Å². The van der Waals surface area contributed by atoms with Crippen LogP contribution in [-0.2, 0) is 6.54 Å². The zero-order valence-corrected chi connectivity index (χ0v) is 14.3. The van der Waals surface area contributed by atoms with Gasteiger partial charge < -0.3 is 4.90 Å².